The lowest BCUT2D eigenvalue weighted by Crippen LogP contribution is -2.35. The molecule has 2 rings (SSSR count). The Labute approximate surface area is 111 Å². The zero-order valence-electron chi connectivity index (χ0n) is 11.5. The van der Waals surface area contributed by atoms with E-state index >= 15 is 0 Å². The van der Waals surface area contributed by atoms with E-state index in [9.17, 15) is 9.59 Å². The Kier molecular flexibility index (Phi) is 3.38. The van der Waals surface area contributed by atoms with E-state index in [2.05, 4.69) is 10.4 Å². The van der Waals surface area contributed by atoms with Crippen molar-refractivity contribution in [3.63, 3.8) is 0 Å². The maximum atomic E-state index is 12.3. The van der Waals surface area contributed by atoms with Crippen LogP contribution in [-0.4, -0.2) is 21.7 Å². The Morgan fingerprint density at radius 3 is 2.68 bits per heavy atom. The summed E-state index contributed by atoms with van der Waals surface area (Å²) in [6.07, 6.45) is 0. The average Bonchev–Trinajstić information content (AvgIpc) is 2.32. The minimum atomic E-state index is -0.431. The molecule has 1 N–H and O–H groups in total. The largest absolute Gasteiger partial charge is 0.348 e. The van der Waals surface area contributed by atoms with Crippen molar-refractivity contribution in [3.8, 4) is 0 Å². The summed E-state index contributed by atoms with van der Waals surface area (Å²) in [6, 6.07) is 5.50. The number of aromatic nitrogens is 2. The smallest absolute Gasteiger partial charge is 0.276 e. The van der Waals surface area contributed by atoms with Gasteiger partial charge in [0.25, 0.3) is 5.91 Å². The molecule has 2 aromatic rings. The maximum absolute atomic E-state index is 12.3. The average molecular weight is 259 g/mol. The first-order valence-electron chi connectivity index (χ1n) is 6.18. The molecule has 19 heavy (non-hydrogen) atoms. The van der Waals surface area contributed by atoms with Crippen LogP contribution in [0.4, 0.5) is 0 Å². The fraction of sp³-hybridized carbons (Fsp3) is 0.357. The minimum absolute atomic E-state index is 0.0350. The van der Waals surface area contributed by atoms with E-state index in [4.69, 9.17) is 0 Å². The van der Waals surface area contributed by atoms with Crippen molar-refractivity contribution in [2.24, 2.45) is 7.05 Å². The topological polar surface area (TPSA) is 64.0 Å². The second kappa shape index (κ2) is 4.84. The van der Waals surface area contributed by atoms with Crippen molar-refractivity contribution in [2.75, 3.05) is 0 Å². The predicted octanol–water partition coefficient (Wildman–Crippen LogP) is 1.38. The van der Waals surface area contributed by atoms with Crippen LogP contribution in [0.5, 0.6) is 0 Å². The normalized spacial score (nSPS) is 11.0. The summed E-state index contributed by atoms with van der Waals surface area (Å²) in [5.74, 6) is -0.431. The standard InChI is InChI=1S/C14H17N3O2/c1-8(2)15-14(19)12-13(18)10-7-9(3)5-6-11(10)17(4)16-12/h5-8H,1-4H3,(H,15,19). The van der Waals surface area contributed by atoms with Crippen LogP contribution in [0.3, 0.4) is 0 Å². The van der Waals surface area contributed by atoms with Crippen LogP contribution in [0, 0.1) is 6.92 Å². The van der Waals surface area contributed by atoms with Crippen LogP contribution >= 0.6 is 0 Å². The Morgan fingerprint density at radius 2 is 2.05 bits per heavy atom. The minimum Gasteiger partial charge on any atom is -0.348 e. The third-order valence-corrected chi connectivity index (χ3v) is 2.85. The van der Waals surface area contributed by atoms with Crippen molar-refractivity contribution in [1.29, 1.82) is 0 Å². The quantitative estimate of drug-likeness (QED) is 0.886. The summed E-state index contributed by atoms with van der Waals surface area (Å²) in [4.78, 5) is 24.3. The van der Waals surface area contributed by atoms with Gasteiger partial charge in [-0.15, -0.1) is 0 Å². The molecule has 0 fully saturated rings. The number of nitrogens with zero attached hydrogens (tertiary/aromatic N) is 2. The molecule has 0 radical (unpaired) electrons. The third-order valence-electron chi connectivity index (χ3n) is 2.85. The lowest BCUT2D eigenvalue weighted by atomic mass is 10.1. The number of rotatable bonds is 2. The number of carbonyl (C=O) groups excluding carboxylic acids is 1. The molecule has 0 aliphatic carbocycles. The van der Waals surface area contributed by atoms with Crippen molar-refractivity contribution >= 4 is 16.8 Å². The SMILES string of the molecule is Cc1ccc2c(c1)c(=O)c(C(=O)NC(C)C)nn2C. The maximum Gasteiger partial charge on any atom is 0.276 e. The summed E-state index contributed by atoms with van der Waals surface area (Å²) < 4.78 is 1.56. The van der Waals surface area contributed by atoms with Crippen LogP contribution in [0.2, 0.25) is 0 Å². The third kappa shape index (κ3) is 2.50. The highest BCUT2D eigenvalue weighted by Crippen LogP contribution is 2.11. The number of amides is 1. The van der Waals surface area contributed by atoms with E-state index < -0.39 is 5.91 Å². The molecule has 1 heterocycles. The summed E-state index contributed by atoms with van der Waals surface area (Å²) in [7, 11) is 1.73. The van der Waals surface area contributed by atoms with E-state index in [0.717, 1.165) is 11.1 Å². The lowest BCUT2D eigenvalue weighted by molar-refractivity contribution is 0.0935. The van der Waals surface area contributed by atoms with Crippen LogP contribution in [0.1, 0.15) is 29.9 Å². The zero-order valence-corrected chi connectivity index (χ0v) is 11.5. The molecular formula is C14H17N3O2. The monoisotopic (exact) mass is 259 g/mol. The Morgan fingerprint density at radius 1 is 1.37 bits per heavy atom. The Hall–Kier alpha value is -2.17. The van der Waals surface area contributed by atoms with Gasteiger partial charge in [-0.25, -0.2) is 0 Å². The molecule has 5 nitrogen and oxygen atoms in total. The van der Waals surface area contributed by atoms with E-state index in [1.807, 2.05) is 32.9 Å². The van der Waals surface area contributed by atoms with Gasteiger partial charge >= 0.3 is 0 Å². The first-order valence-corrected chi connectivity index (χ1v) is 6.18. The van der Waals surface area contributed by atoms with Gasteiger partial charge in [0.1, 0.15) is 0 Å². The van der Waals surface area contributed by atoms with E-state index in [0.29, 0.717) is 5.39 Å². The van der Waals surface area contributed by atoms with Gasteiger partial charge in [-0.2, -0.15) is 5.10 Å². The number of carbonyl (C=O) groups is 1. The van der Waals surface area contributed by atoms with E-state index in [-0.39, 0.29) is 17.2 Å². The molecule has 1 amide bonds. The number of nitrogens with one attached hydrogen (secondary N) is 1. The van der Waals surface area contributed by atoms with Crippen molar-refractivity contribution in [1.82, 2.24) is 15.1 Å². The molecule has 0 bridgehead atoms. The van der Waals surface area contributed by atoms with Crippen molar-refractivity contribution in [2.45, 2.75) is 26.8 Å². The molecule has 0 aliphatic rings. The molecule has 1 aromatic heterocycles. The number of hydrogen-bond acceptors (Lipinski definition) is 3. The van der Waals surface area contributed by atoms with Gasteiger partial charge in [0.15, 0.2) is 5.69 Å². The van der Waals surface area contributed by atoms with Gasteiger partial charge < -0.3 is 5.32 Å². The van der Waals surface area contributed by atoms with Crippen LogP contribution in [-0.2, 0) is 7.05 Å². The molecule has 0 saturated heterocycles. The lowest BCUT2D eigenvalue weighted by Gasteiger charge is -2.10. The molecule has 0 spiro atoms. The van der Waals surface area contributed by atoms with Crippen LogP contribution in [0.25, 0.3) is 10.9 Å². The van der Waals surface area contributed by atoms with E-state index in [1.165, 1.54) is 0 Å². The summed E-state index contributed by atoms with van der Waals surface area (Å²) >= 11 is 0. The first-order chi connectivity index (χ1) is 8.90. The first kappa shape index (κ1) is 13.3. The van der Waals surface area contributed by atoms with Gasteiger partial charge in [-0.05, 0) is 32.9 Å². The molecule has 0 saturated carbocycles. The van der Waals surface area contributed by atoms with Gasteiger partial charge in [0, 0.05) is 13.1 Å². The highest BCUT2D eigenvalue weighted by atomic mass is 16.2. The summed E-state index contributed by atoms with van der Waals surface area (Å²) in [5.41, 5.74) is 1.31. The fourth-order valence-electron chi connectivity index (χ4n) is 1.97. The summed E-state index contributed by atoms with van der Waals surface area (Å²) in [6.45, 7) is 5.59. The van der Waals surface area contributed by atoms with Gasteiger partial charge in [-0.3, -0.25) is 14.3 Å². The second-order valence-electron chi connectivity index (χ2n) is 4.95. The molecule has 5 heteroatoms. The number of fused-ring (bicyclic) bond motifs is 1. The van der Waals surface area contributed by atoms with Crippen molar-refractivity contribution < 1.29 is 4.79 Å². The highest BCUT2D eigenvalue weighted by Gasteiger charge is 2.16. The Bertz CT molecular complexity index is 702. The summed E-state index contributed by atoms with van der Waals surface area (Å²) in [5, 5.41) is 7.29. The van der Waals surface area contributed by atoms with Crippen molar-refractivity contribution in [3.05, 3.63) is 39.7 Å². The molecule has 0 unspecified atom stereocenters. The second-order valence-corrected chi connectivity index (χ2v) is 4.95. The van der Waals surface area contributed by atoms with Gasteiger partial charge in [-0.1, -0.05) is 11.6 Å². The fourth-order valence-corrected chi connectivity index (χ4v) is 1.97. The van der Waals surface area contributed by atoms with Gasteiger partial charge in [0.05, 0.1) is 10.9 Å². The predicted molar refractivity (Wildman–Crippen MR) is 74.3 cm³/mol. The van der Waals surface area contributed by atoms with E-state index in [1.54, 1.807) is 17.8 Å². The molecule has 0 aliphatic heterocycles. The molecule has 1 aromatic carbocycles. The van der Waals surface area contributed by atoms with Crippen LogP contribution < -0.4 is 10.7 Å². The highest BCUT2D eigenvalue weighted by molar-refractivity contribution is 5.95. The number of hydrogen-bond donors (Lipinski definition) is 1. The zero-order chi connectivity index (χ0) is 14.2. The molecule has 0 atom stereocenters. The van der Waals surface area contributed by atoms with Gasteiger partial charge in [0.2, 0.25) is 5.43 Å². The number of aryl methyl sites for hydroxylation is 2. The number of benzene rings is 1. The van der Waals surface area contributed by atoms with Crippen LogP contribution in [0.15, 0.2) is 23.0 Å². The molecular weight excluding hydrogens is 242 g/mol. The Balaban J connectivity index is 2.68. The molecule has 100 valence electrons.